The summed E-state index contributed by atoms with van der Waals surface area (Å²) >= 11 is 0. The second-order valence-corrected chi connectivity index (χ2v) is 4.09. The topological polar surface area (TPSA) is 23.5 Å². The van der Waals surface area contributed by atoms with Crippen LogP contribution in [0.3, 0.4) is 0 Å². The van der Waals surface area contributed by atoms with Crippen LogP contribution < -0.4 is 0 Å². The van der Waals surface area contributed by atoms with Gasteiger partial charge in [0.1, 0.15) is 0 Å². The first kappa shape index (κ1) is 8.27. The molecular weight excluding hydrogens is 150 g/mol. The van der Waals surface area contributed by atoms with E-state index in [1.54, 1.807) is 6.08 Å². The minimum Gasteiger partial charge on any atom is -0.386 e. The molecule has 0 amide bonds. The monoisotopic (exact) mass is 167 g/mol. The van der Waals surface area contributed by atoms with E-state index in [9.17, 15) is 5.11 Å². The molecule has 2 rings (SSSR count). The first-order chi connectivity index (χ1) is 5.73. The van der Waals surface area contributed by atoms with E-state index < -0.39 is 5.60 Å². The molecule has 0 aromatic heterocycles. The lowest BCUT2D eigenvalue weighted by molar-refractivity contribution is 0.00238. The average molecular weight is 167 g/mol. The lowest BCUT2D eigenvalue weighted by atomic mass is 9.87. The fraction of sp³-hybridized carbons (Fsp3) is 0.800. The molecule has 0 spiro atoms. The predicted molar refractivity (Wildman–Crippen MR) is 49.0 cm³/mol. The first-order valence-corrected chi connectivity index (χ1v) is 4.83. The maximum Gasteiger partial charge on any atom is 0.0852 e. The van der Waals surface area contributed by atoms with Crippen LogP contribution in [0.15, 0.2) is 12.7 Å². The molecule has 2 saturated heterocycles. The number of hydrogen-bond acceptors (Lipinski definition) is 2. The molecule has 2 heteroatoms. The maximum absolute atomic E-state index is 9.98. The SMILES string of the molecule is C=CC1(O)CCN2CCCC2C1. The molecule has 2 unspecified atom stereocenters. The minimum absolute atomic E-state index is 0.564. The van der Waals surface area contributed by atoms with Crippen LogP contribution in [0.5, 0.6) is 0 Å². The standard InChI is InChI=1S/C10H17NO/c1-2-10(12)5-7-11-6-3-4-9(11)8-10/h2,9,12H,1,3-8H2. The highest BCUT2D eigenvalue weighted by Gasteiger charge is 2.37. The van der Waals surface area contributed by atoms with Crippen molar-refractivity contribution in [1.82, 2.24) is 4.90 Å². The van der Waals surface area contributed by atoms with Crippen LogP contribution in [0.1, 0.15) is 25.7 Å². The van der Waals surface area contributed by atoms with Crippen molar-refractivity contribution in [3.05, 3.63) is 12.7 Å². The van der Waals surface area contributed by atoms with Crippen molar-refractivity contribution in [1.29, 1.82) is 0 Å². The Balaban J connectivity index is 2.05. The van der Waals surface area contributed by atoms with E-state index in [2.05, 4.69) is 11.5 Å². The minimum atomic E-state index is -0.564. The summed E-state index contributed by atoms with van der Waals surface area (Å²) in [6.07, 6.45) is 6.06. The van der Waals surface area contributed by atoms with E-state index in [0.29, 0.717) is 6.04 Å². The van der Waals surface area contributed by atoms with E-state index in [1.807, 2.05) is 0 Å². The van der Waals surface area contributed by atoms with Gasteiger partial charge < -0.3 is 10.0 Å². The molecule has 2 atom stereocenters. The normalized spacial score (nSPS) is 42.6. The van der Waals surface area contributed by atoms with Crippen molar-refractivity contribution in [2.24, 2.45) is 0 Å². The molecule has 2 nitrogen and oxygen atoms in total. The summed E-state index contributed by atoms with van der Waals surface area (Å²) in [7, 11) is 0. The van der Waals surface area contributed by atoms with Crippen molar-refractivity contribution < 1.29 is 5.11 Å². The second kappa shape index (κ2) is 2.86. The molecule has 68 valence electrons. The Kier molecular flexibility index (Phi) is 1.97. The fourth-order valence-electron chi connectivity index (χ4n) is 2.45. The van der Waals surface area contributed by atoms with Crippen LogP contribution >= 0.6 is 0 Å². The van der Waals surface area contributed by atoms with Gasteiger partial charge in [0.15, 0.2) is 0 Å². The largest absolute Gasteiger partial charge is 0.386 e. The zero-order chi connectivity index (χ0) is 8.60. The fourth-order valence-corrected chi connectivity index (χ4v) is 2.45. The number of nitrogens with zero attached hydrogens (tertiary/aromatic N) is 1. The Labute approximate surface area is 73.9 Å². The zero-order valence-corrected chi connectivity index (χ0v) is 7.50. The third kappa shape index (κ3) is 1.29. The maximum atomic E-state index is 9.98. The Morgan fingerprint density at radius 1 is 1.50 bits per heavy atom. The van der Waals surface area contributed by atoms with Gasteiger partial charge in [-0.25, -0.2) is 0 Å². The van der Waals surface area contributed by atoms with Gasteiger partial charge in [0.25, 0.3) is 0 Å². The van der Waals surface area contributed by atoms with Crippen LogP contribution in [0, 0.1) is 0 Å². The van der Waals surface area contributed by atoms with Crippen molar-refractivity contribution >= 4 is 0 Å². The van der Waals surface area contributed by atoms with Crippen LogP contribution in [0.2, 0.25) is 0 Å². The molecule has 1 N–H and O–H groups in total. The number of fused-ring (bicyclic) bond motifs is 1. The van der Waals surface area contributed by atoms with E-state index >= 15 is 0 Å². The second-order valence-electron chi connectivity index (χ2n) is 4.09. The quantitative estimate of drug-likeness (QED) is 0.592. The third-order valence-electron chi connectivity index (χ3n) is 3.30. The van der Waals surface area contributed by atoms with Gasteiger partial charge in [0.2, 0.25) is 0 Å². The summed E-state index contributed by atoms with van der Waals surface area (Å²) in [5, 5.41) is 9.98. The van der Waals surface area contributed by atoms with Crippen LogP contribution in [0.4, 0.5) is 0 Å². The Morgan fingerprint density at radius 3 is 3.08 bits per heavy atom. The predicted octanol–water partition coefficient (Wildman–Crippen LogP) is 1.16. The highest BCUT2D eigenvalue weighted by molar-refractivity contribution is 5.03. The highest BCUT2D eigenvalue weighted by Crippen LogP contribution is 2.33. The molecule has 2 fully saturated rings. The van der Waals surface area contributed by atoms with Crippen molar-refractivity contribution in [3.8, 4) is 0 Å². The van der Waals surface area contributed by atoms with Gasteiger partial charge in [-0.3, -0.25) is 0 Å². The van der Waals surface area contributed by atoms with Crippen molar-refractivity contribution in [2.45, 2.75) is 37.3 Å². The molecule has 2 aliphatic heterocycles. The van der Waals surface area contributed by atoms with E-state index in [0.717, 1.165) is 19.4 Å². The van der Waals surface area contributed by atoms with Gasteiger partial charge in [0.05, 0.1) is 5.60 Å². The Bertz CT molecular complexity index is 192. The van der Waals surface area contributed by atoms with Crippen LogP contribution in [0.25, 0.3) is 0 Å². The average Bonchev–Trinajstić information content (AvgIpc) is 2.51. The molecule has 0 radical (unpaired) electrons. The first-order valence-electron chi connectivity index (χ1n) is 4.83. The van der Waals surface area contributed by atoms with Gasteiger partial charge >= 0.3 is 0 Å². The lowest BCUT2D eigenvalue weighted by Crippen LogP contribution is -2.46. The number of aliphatic hydroxyl groups is 1. The van der Waals surface area contributed by atoms with Gasteiger partial charge in [-0.1, -0.05) is 6.08 Å². The molecule has 0 bridgehead atoms. The van der Waals surface area contributed by atoms with Crippen LogP contribution in [-0.2, 0) is 0 Å². The molecule has 2 heterocycles. The zero-order valence-electron chi connectivity index (χ0n) is 7.50. The van der Waals surface area contributed by atoms with E-state index in [4.69, 9.17) is 0 Å². The molecule has 0 aliphatic carbocycles. The molecule has 0 aromatic rings. The lowest BCUT2D eigenvalue weighted by Gasteiger charge is -2.39. The van der Waals surface area contributed by atoms with Gasteiger partial charge in [-0.05, 0) is 32.2 Å². The number of rotatable bonds is 1. The summed E-state index contributed by atoms with van der Waals surface area (Å²) in [6, 6.07) is 0.627. The van der Waals surface area contributed by atoms with Crippen molar-refractivity contribution in [3.63, 3.8) is 0 Å². The molecule has 0 saturated carbocycles. The number of hydrogen-bond donors (Lipinski definition) is 1. The molecular formula is C10H17NO. The third-order valence-corrected chi connectivity index (χ3v) is 3.30. The highest BCUT2D eigenvalue weighted by atomic mass is 16.3. The summed E-state index contributed by atoms with van der Waals surface area (Å²) in [5.74, 6) is 0. The van der Waals surface area contributed by atoms with Gasteiger partial charge in [-0.2, -0.15) is 0 Å². The van der Waals surface area contributed by atoms with Crippen LogP contribution in [-0.4, -0.2) is 34.7 Å². The molecule has 0 aromatic carbocycles. The van der Waals surface area contributed by atoms with E-state index in [-0.39, 0.29) is 0 Å². The Morgan fingerprint density at radius 2 is 2.33 bits per heavy atom. The number of piperidine rings is 1. The molecule has 2 aliphatic rings. The van der Waals surface area contributed by atoms with E-state index in [1.165, 1.54) is 19.4 Å². The van der Waals surface area contributed by atoms with Gasteiger partial charge in [0, 0.05) is 12.6 Å². The summed E-state index contributed by atoms with van der Waals surface area (Å²) < 4.78 is 0. The summed E-state index contributed by atoms with van der Waals surface area (Å²) in [6.45, 7) is 5.98. The summed E-state index contributed by atoms with van der Waals surface area (Å²) in [4.78, 5) is 2.50. The van der Waals surface area contributed by atoms with Gasteiger partial charge in [-0.15, -0.1) is 6.58 Å². The molecule has 12 heavy (non-hydrogen) atoms. The van der Waals surface area contributed by atoms with Crippen molar-refractivity contribution in [2.75, 3.05) is 13.1 Å². The Hall–Kier alpha value is -0.340. The summed E-state index contributed by atoms with van der Waals surface area (Å²) in [5.41, 5.74) is -0.564. The smallest absolute Gasteiger partial charge is 0.0852 e.